The summed E-state index contributed by atoms with van der Waals surface area (Å²) < 4.78 is 0. The summed E-state index contributed by atoms with van der Waals surface area (Å²) in [6.45, 7) is 0. The lowest BCUT2D eigenvalue weighted by atomic mass is 10.4. The fourth-order valence-corrected chi connectivity index (χ4v) is 0.447. The summed E-state index contributed by atoms with van der Waals surface area (Å²) in [7, 11) is 0. The lowest BCUT2D eigenvalue weighted by molar-refractivity contribution is 1.17. The molecule has 0 atom stereocenters. The fourth-order valence-electron chi connectivity index (χ4n) is 0.447. The third kappa shape index (κ3) is 0.432. The highest BCUT2D eigenvalue weighted by Gasteiger charge is 1.88. The van der Waals surface area contributed by atoms with Crippen LogP contribution in [0, 0.1) is 0 Å². The van der Waals surface area contributed by atoms with Crippen LogP contribution >= 0.6 is 0 Å². The SMILES string of the molecule is [NH]C1=CC=CC1. The predicted octanol–water partition coefficient (Wildman–Crippen LogP) is 1.11. The minimum absolute atomic E-state index is 0.718. The van der Waals surface area contributed by atoms with E-state index in [0.717, 1.165) is 12.1 Å². The Morgan fingerprint density at radius 3 is 2.67 bits per heavy atom. The molecule has 1 aliphatic carbocycles. The second kappa shape index (κ2) is 1.17. The Morgan fingerprint density at radius 1 is 1.67 bits per heavy atom. The van der Waals surface area contributed by atoms with E-state index >= 15 is 0 Å². The van der Waals surface area contributed by atoms with Gasteiger partial charge < -0.3 is 5.73 Å². The Bertz CT molecular complexity index is 101. The topological polar surface area (TPSA) is 23.8 Å². The Kier molecular flexibility index (Phi) is 0.675. The third-order valence-electron chi connectivity index (χ3n) is 0.771. The van der Waals surface area contributed by atoms with Crippen molar-refractivity contribution in [3.8, 4) is 0 Å². The summed E-state index contributed by atoms with van der Waals surface area (Å²) in [4.78, 5) is 0. The molecule has 0 aromatic rings. The summed E-state index contributed by atoms with van der Waals surface area (Å²) in [6, 6.07) is 0. The fraction of sp³-hybridized carbons (Fsp3) is 0.200. The van der Waals surface area contributed by atoms with E-state index in [0.29, 0.717) is 0 Å². The van der Waals surface area contributed by atoms with Crippen molar-refractivity contribution < 1.29 is 0 Å². The zero-order valence-corrected chi connectivity index (χ0v) is 3.44. The molecule has 0 bridgehead atoms. The van der Waals surface area contributed by atoms with E-state index < -0.39 is 0 Å². The van der Waals surface area contributed by atoms with Gasteiger partial charge in [0.2, 0.25) is 0 Å². The zero-order valence-electron chi connectivity index (χ0n) is 3.44. The van der Waals surface area contributed by atoms with Gasteiger partial charge in [0.15, 0.2) is 0 Å². The highest BCUT2D eigenvalue weighted by Crippen LogP contribution is 2.03. The van der Waals surface area contributed by atoms with Gasteiger partial charge in [-0.15, -0.1) is 0 Å². The second-order valence-electron chi connectivity index (χ2n) is 1.32. The normalized spacial score (nSPS) is 18.3. The molecule has 0 spiro atoms. The molecule has 1 heteroatoms. The molecule has 0 amide bonds. The highest BCUT2D eigenvalue weighted by molar-refractivity contribution is 5.19. The molecule has 0 aromatic heterocycles. The van der Waals surface area contributed by atoms with Gasteiger partial charge in [-0.25, -0.2) is 0 Å². The van der Waals surface area contributed by atoms with Gasteiger partial charge in [-0.3, -0.25) is 0 Å². The largest absolute Gasteiger partial charge is 0.305 e. The van der Waals surface area contributed by atoms with E-state index in [9.17, 15) is 0 Å². The van der Waals surface area contributed by atoms with E-state index in [2.05, 4.69) is 0 Å². The number of hydrogen-bond acceptors (Lipinski definition) is 0. The smallest absolute Gasteiger partial charge is 0.0351 e. The molecule has 6 heavy (non-hydrogen) atoms. The lowest BCUT2D eigenvalue weighted by Crippen LogP contribution is -1.70. The number of hydrogen-bond donors (Lipinski definition) is 0. The van der Waals surface area contributed by atoms with Crippen molar-refractivity contribution in [1.29, 1.82) is 0 Å². The summed E-state index contributed by atoms with van der Waals surface area (Å²) >= 11 is 0. The minimum atomic E-state index is 0.718. The zero-order chi connectivity index (χ0) is 4.41. The molecule has 0 aliphatic heterocycles. The van der Waals surface area contributed by atoms with Crippen LogP contribution in [0.2, 0.25) is 0 Å². The number of nitrogens with one attached hydrogen (secondary N) is 1. The quantitative estimate of drug-likeness (QED) is 0.416. The molecule has 1 radical (unpaired) electrons. The van der Waals surface area contributed by atoms with Gasteiger partial charge in [-0.2, -0.15) is 0 Å². The third-order valence-corrected chi connectivity index (χ3v) is 0.771. The van der Waals surface area contributed by atoms with Crippen molar-refractivity contribution in [3.63, 3.8) is 0 Å². The molecule has 31 valence electrons. The Labute approximate surface area is 37.2 Å². The standard InChI is InChI=1S/C5H6N/c6-5-3-1-2-4-5/h1-3,6H,4H2. The van der Waals surface area contributed by atoms with E-state index in [-0.39, 0.29) is 0 Å². The van der Waals surface area contributed by atoms with Gasteiger partial charge in [0.1, 0.15) is 0 Å². The molecular formula is C5H6N. The van der Waals surface area contributed by atoms with Gasteiger partial charge in [0.05, 0.1) is 0 Å². The van der Waals surface area contributed by atoms with Gasteiger partial charge in [-0.05, 0) is 6.08 Å². The van der Waals surface area contributed by atoms with E-state index in [4.69, 9.17) is 5.73 Å². The molecule has 0 saturated carbocycles. The van der Waals surface area contributed by atoms with Crippen LogP contribution in [-0.2, 0) is 0 Å². The number of rotatable bonds is 0. The van der Waals surface area contributed by atoms with Crippen LogP contribution in [0.5, 0.6) is 0 Å². The molecule has 1 N–H and O–H groups in total. The average molecular weight is 80.1 g/mol. The highest BCUT2D eigenvalue weighted by atomic mass is 14.6. The lowest BCUT2D eigenvalue weighted by Gasteiger charge is -1.77. The van der Waals surface area contributed by atoms with Gasteiger partial charge in [0.25, 0.3) is 0 Å². The van der Waals surface area contributed by atoms with Crippen LogP contribution in [0.25, 0.3) is 0 Å². The van der Waals surface area contributed by atoms with Crippen molar-refractivity contribution in [2.75, 3.05) is 0 Å². The van der Waals surface area contributed by atoms with Crippen LogP contribution in [0.1, 0.15) is 6.42 Å². The Hall–Kier alpha value is -0.720. The van der Waals surface area contributed by atoms with Gasteiger partial charge in [-0.1, -0.05) is 12.2 Å². The van der Waals surface area contributed by atoms with Crippen LogP contribution in [-0.4, -0.2) is 0 Å². The molecule has 0 unspecified atom stereocenters. The monoisotopic (exact) mass is 80.1 g/mol. The van der Waals surface area contributed by atoms with E-state index in [1.165, 1.54) is 0 Å². The maximum Gasteiger partial charge on any atom is 0.0351 e. The first-order valence-corrected chi connectivity index (χ1v) is 1.97. The van der Waals surface area contributed by atoms with E-state index in [1.807, 2.05) is 12.2 Å². The maximum atomic E-state index is 6.93. The first kappa shape index (κ1) is 3.47. The summed E-state index contributed by atoms with van der Waals surface area (Å²) in [5, 5.41) is 0. The Morgan fingerprint density at radius 2 is 2.50 bits per heavy atom. The minimum Gasteiger partial charge on any atom is -0.305 e. The van der Waals surface area contributed by atoms with Crippen molar-refractivity contribution >= 4 is 0 Å². The van der Waals surface area contributed by atoms with Gasteiger partial charge >= 0.3 is 0 Å². The number of allylic oxidation sites excluding steroid dienone is 3. The van der Waals surface area contributed by atoms with Crippen LogP contribution < -0.4 is 5.73 Å². The summed E-state index contributed by atoms with van der Waals surface area (Å²) in [6.07, 6.45) is 6.52. The molecule has 0 aromatic carbocycles. The van der Waals surface area contributed by atoms with Crippen LogP contribution in [0.15, 0.2) is 23.9 Å². The van der Waals surface area contributed by atoms with Gasteiger partial charge in [0, 0.05) is 12.1 Å². The molecular weight excluding hydrogens is 74.1 g/mol. The molecule has 0 heterocycles. The predicted molar refractivity (Wildman–Crippen MR) is 24.9 cm³/mol. The van der Waals surface area contributed by atoms with Crippen molar-refractivity contribution in [1.82, 2.24) is 5.73 Å². The first-order chi connectivity index (χ1) is 2.89. The first-order valence-electron chi connectivity index (χ1n) is 1.97. The summed E-state index contributed by atoms with van der Waals surface area (Å²) in [5.74, 6) is 0. The Balaban J connectivity index is 2.61. The molecule has 1 aliphatic rings. The van der Waals surface area contributed by atoms with Crippen LogP contribution in [0.4, 0.5) is 0 Å². The molecule has 1 nitrogen and oxygen atoms in total. The molecule has 1 rings (SSSR count). The average Bonchev–Trinajstić information content (AvgIpc) is 1.86. The van der Waals surface area contributed by atoms with Crippen molar-refractivity contribution in [3.05, 3.63) is 23.9 Å². The van der Waals surface area contributed by atoms with Crippen LogP contribution in [0.3, 0.4) is 0 Å². The van der Waals surface area contributed by atoms with Crippen molar-refractivity contribution in [2.24, 2.45) is 0 Å². The summed E-state index contributed by atoms with van der Waals surface area (Å²) in [5.41, 5.74) is 7.65. The second-order valence-corrected chi connectivity index (χ2v) is 1.32. The van der Waals surface area contributed by atoms with Crippen molar-refractivity contribution in [2.45, 2.75) is 6.42 Å². The maximum absolute atomic E-state index is 6.93. The molecule has 0 fully saturated rings. The molecule has 0 saturated heterocycles. The van der Waals surface area contributed by atoms with E-state index in [1.54, 1.807) is 6.08 Å².